The summed E-state index contributed by atoms with van der Waals surface area (Å²) in [6, 6.07) is 6.06. The van der Waals surface area contributed by atoms with Gasteiger partial charge in [0.15, 0.2) is 0 Å². The number of piperidine rings is 1. The van der Waals surface area contributed by atoms with E-state index in [0.717, 1.165) is 25.4 Å². The van der Waals surface area contributed by atoms with Gasteiger partial charge in [-0.05, 0) is 44.1 Å². The Morgan fingerprint density at radius 1 is 1.19 bits per heavy atom. The molecule has 2 aliphatic heterocycles. The standard InChI is InChI=1S/C20H28FNO4S/c21-19-4-2-1-3-17(19)15-27(23,24)22-10-8-20(9-11-22)13-18(7-12-26-20)25-14-16-5-6-16/h1-4,16,18H,5-15H2. The summed E-state index contributed by atoms with van der Waals surface area (Å²) < 4.78 is 52.9. The van der Waals surface area contributed by atoms with Gasteiger partial charge in [-0.1, -0.05) is 18.2 Å². The molecule has 1 aromatic carbocycles. The molecular formula is C20H28FNO4S. The van der Waals surface area contributed by atoms with Crippen LogP contribution >= 0.6 is 0 Å². The maximum atomic E-state index is 13.8. The van der Waals surface area contributed by atoms with Crippen molar-refractivity contribution in [1.82, 2.24) is 4.31 Å². The summed E-state index contributed by atoms with van der Waals surface area (Å²) in [5.74, 6) is -0.0179. The molecule has 1 saturated carbocycles. The van der Waals surface area contributed by atoms with E-state index in [-0.39, 0.29) is 23.0 Å². The highest BCUT2D eigenvalue weighted by Crippen LogP contribution is 2.38. The molecule has 1 spiro atoms. The highest BCUT2D eigenvalue weighted by atomic mass is 32.2. The van der Waals surface area contributed by atoms with Crippen LogP contribution < -0.4 is 0 Å². The van der Waals surface area contributed by atoms with E-state index in [1.807, 2.05) is 0 Å². The van der Waals surface area contributed by atoms with Gasteiger partial charge in [-0.25, -0.2) is 17.1 Å². The van der Waals surface area contributed by atoms with Gasteiger partial charge in [-0.2, -0.15) is 0 Å². The van der Waals surface area contributed by atoms with Crippen molar-refractivity contribution in [2.24, 2.45) is 5.92 Å². The van der Waals surface area contributed by atoms with Gasteiger partial charge in [0, 0.05) is 38.3 Å². The predicted octanol–water partition coefficient (Wildman–Crippen LogP) is 3.10. The van der Waals surface area contributed by atoms with Gasteiger partial charge in [-0.15, -0.1) is 0 Å². The van der Waals surface area contributed by atoms with E-state index in [4.69, 9.17) is 9.47 Å². The Morgan fingerprint density at radius 3 is 2.63 bits per heavy atom. The number of halogens is 1. The summed E-state index contributed by atoms with van der Waals surface area (Å²) in [7, 11) is -3.53. The van der Waals surface area contributed by atoms with Crippen LogP contribution in [-0.2, 0) is 25.2 Å². The highest BCUT2D eigenvalue weighted by molar-refractivity contribution is 7.88. The molecule has 150 valence electrons. The number of hydrogen-bond donors (Lipinski definition) is 0. The minimum absolute atomic E-state index is 0.222. The Balaban J connectivity index is 1.34. The molecule has 5 nitrogen and oxygen atoms in total. The van der Waals surface area contributed by atoms with E-state index in [9.17, 15) is 12.8 Å². The van der Waals surface area contributed by atoms with Crippen molar-refractivity contribution in [1.29, 1.82) is 0 Å². The van der Waals surface area contributed by atoms with Crippen molar-refractivity contribution in [3.05, 3.63) is 35.6 Å². The number of nitrogens with zero attached hydrogens (tertiary/aromatic N) is 1. The zero-order valence-corrected chi connectivity index (χ0v) is 16.4. The second-order valence-electron chi connectivity index (χ2n) is 8.17. The number of sulfonamides is 1. The fourth-order valence-electron chi connectivity index (χ4n) is 4.11. The Morgan fingerprint density at radius 2 is 1.93 bits per heavy atom. The van der Waals surface area contributed by atoms with E-state index in [0.29, 0.717) is 32.5 Å². The van der Waals surface area contributed by atoms with Crippen LogP contribution in [0, 0.1) is 11.7 Å². The van der Waals surface area contributed by atoms with Gasteiger partial charge in [0.25, 0.3) is 0 Å². The maximum absolute atomic E-state index is 13.8. The molecule has 1 aliphatic carbocycles. The van der Waals surface area contributed by atoms with E-state index in [2.05, 4.69) is 0 Å². The quantitative estimate of drug-likeness (QED) is 0.740. The molecule has 1 unspecified atom stereocenters. The molecule has 0 amide bonds. The third-order valence-corrected chi connectivity index (χ3v) is 7.86. The van der Waals surface area contributed by atoms with Crippen molar-refractivity contribution in [3.8, 4) is 0 Å². The zero-order chi connectivity index (χ0) is 18.9. The van der Waals surface area contributed by atoms with Crippen LogP contribution in [0.5, 0.6) is 0 Å². The lowest BCUT2D eigenvalue weighted by Crippen LogP contribution is -2.52. The van der Waals surface area contributed by atoms with E-state index >= 15 is 0 Å². The molecule has 2 saturated heterocycles. The highest BCUT2D eigenvalue weighted by Gasteiger charge is 2.43. The van der Waals surface area contributed by atoms with Crippen LogP contribution in [0.4, 0.5) is 4.39 Å². The Hall–Kier alpha value is -1.02. The molecule has 3 aliphatic rings. The van der Waals surface area contributed by atoms with Crippen molar-refractivity contribution in [2.75, 3.05) is 26.3 Å². The van der Waals surface area contributed by atoms with Gasteiger partial charge >= 0.3 is 0 Å². The monoisotopic (exact) mass is 397 g/mol. The summed E-state index contributed by atoms with van der Waals surface area (Å²) in [6.07, 6.45) is 5.90. The lowest BCUT2D eigenvalue weighted by atomic mass is 9.84. The second kappa shape index (κ2) is 7.78. The van der Waals surface area contributed by atoms with Crippen LogP contribution in [0.2, 0.25) is 0 Å². The number of benzene rings is 1. The first-order valence-corrected chi connectivity index (χ1v) is 11.5. The van der Waals surface area contributed by atoms with Crippen LogP contribution in [0.1, 0.15) is 44.1 Å². The van der Waals surface area contributed by atoms with Crippen LogP contribution in [0.25, 0.3) is 0 Å². The fraction of sp³-hybridized carbons (Fsp3) is 0.700. The first kappa shape index (κ1) is 19.3. The largest absolute Gasteiger partial charge is 0.378 e. The minimum Gasteiger partial charge on any atom is -0.378 e. The number of ether oxygens (including phenoxy) is 2. The molecule has 0 aromatic heterocycles. The maximum Gasteiger partial charge on any atom is 0.218 e. The van der Waals surface area contributed by atoms with Gasteiger partial charge in [-0.3, -0.25) is 0 Å². The molecule has 4 rings (SSSR count). The second-order valence-corrected chi connectivity index (χ2v) is 10.1. The zero-order valence-electron chi connectivity index (χ0n) is 15.6. The topological polar surface area (TPSA) is 55.8 Å². The number of rotatable bonds is 6. The Labute approximate surface area is 160 Å². The summed E-state index contributed by atoms with van der Waals surface area (Å²) in [4.78, 5) is 0. The molecular weight excluding hydrogens is 369 g/mol. The summed E-state index contributed by atoms with van der Waals surface area (Å²) in [6.45, 7) is 2.37. The summed E-state index contributed by atoms with van der Waals surface area (Å²) >= 11 is 0. The fourth-order valence-corrected chi connectivity index (χ4v) is 5.65. The molecule has 0 N–H and O–H groups in total. The molecule has 2 heterocycles. The van der Waals surface area contributed by atoms with Gasteiger partial charge in [0.05, 0.1) is 17.5 Å². The lowest BCUT2D eigenvalue weighted by Gasteiger charge is -2.45. The lowest BCUT2D eigenvalue weighted by molar-refractivity contribution is -0.151. The Bertz CT molecular complexity index is 757. The number of hydrogen-bond acceptors (Lipinski definition) is 4. The molecule has 27 heavy (non-hydrogen) atoms. The third-order valence-electron chi connectivity index (χ3n) is 6.04. The first-order valence-electron chi connectivity index (χ1n) is 9.93. The molecule has 0 radical (unpaired) electrons. The van der Waals surface area contributed by atoms with Gasteiger partial charge < -0.3 is 9.47 Å². The predicted molar refractivity (Wildman–Crippen MR) is 100 cm³/mol. The molecule has 1 aromatic rings. The van der Waals surface area contributed by atoms with Crippen molar-refractivity contribution in [3.63, 3.8) is 0 Å². The average molecular weight is 398 g/mol. The summed E-state index contributed by atoms with van der Waals surface area (Å²) in [5.41, 5.74) is -0.0449. The van der Waals surface area contributed by atoms with Crippen LogP contribution in [0.15, 0.2) is 24.3 Å². The normalized spacial score (nSPS) is 26.3. The molecule has 1 atom stereocenters. The smallest absolute Gasteiger partial charge is 0.218 e. The molecule has 7 heteroatoms. The molecule has 3 fully saturated rings. The van der Waals surface area contributed by atoms with E-state index < -0.39 is 15.8 Å². The van der Waals surface area contributed by atoms with Crippen LogP contribution in [-0.4, -0.2) is 50.7 Å². The SMILES string of the molecule is O=S(=O)(Cc1ccccc1F)N1CCC2(CC1)CC(OCC1CC1)CCO2. The van der Waals surface area contributed by atoms with E-state index in [1.165, 1.54) is 29.3 Å². The summed E-state index contributed by atoms with van der Waals surface area (Å²) in [5, 5.41) is 0. The Kier molecular flexibility index (Phi) is 5.56. The minimum atomic E-state index is -3.53. The van der Waals surface area contributed by atoms with Crippen molar-refractivity contribution >= 4 is 10.0 Å². The van der Waals surface area contributed by atoms with Gasteiger partial charge in [0.2, 0.25) is 10.0 Å². The first-order chi connectivity index (χ1) is 13.0. The molecule has 0 bridgehead atoms. The van der Waals surface area contributed by atoms with E-state index in [1.54, 1.807) is 12.1 Å². The van der Waals surface area contributed by atoms with Crippen molar-refractivity contribution < 1.29 is 22.3 Å². The van der Waals surface area contributed by atoms with Crippen molar-refractivity contribution in [2.45, 2.75) is 56.0 Å². The third kappa shape index (κ3) is 4.70. The van der Waals surface area contributed by atoms with Gasteiger partial charge in [0.1, 0.15) is 5.82 Å². The average Bonchev–Trinajstić information content (AvgIpc) is 3.47. The van der Waals surface area contributed by atoms with Crippen LogP contribution in [0.3, 0.4) is 0 Å².